The molecule has 0 N–H and O–H groups in total. The molecule has 0 saturated carbocycles. The predicted octanol–water partition coefficient (Wildman–Crippen LogP) is 4.68. The molecule has 0 bridgehead atoms. The highest BCUT2D eigenvalue weighted by molar-refractivity contribution is 5.83. The third-order valence-electron chi connectivity index (χ3n) is 2.76. The molecular weight excluding hydrogens is 184 g/mol. The van der Waals surface area contributed by atoms with E-state index in [1.165, 1.54) is 10.9 Å². The minimum absolute atomic E-state index is 0.454. The number of para-hydroxylation sites is 1. The summed E-state index contributed by atoms with van der Waals surface area (Å²) in [5.41, 5.74) is 2.39. The van der Waals surface area contributed by atoms with Gasteiger partial charge in [0.15, 0.2) is 0 Å². The molecule has 0 radical (unpaired) electrons. The molecule has 1 heterocycles. The third kappa shape index (κ3) is 1.67. The largest absolute Gasteiger partial charge is 0.460 e. The van der Waals surface area contributed by atoms with Crippen molar-refractivity contribution in [2.24, 2.45) is 0 Å². The third-order valence-corrected chi connectivity index (χ3v) is 2.76. The van der Waals surface area contributed by atoms with Crippen molar-refractivity contribution in [2.75, 3.05) is 0 Å². The molecule has 80 valence electrons. The minimum Gasteiger partial charge on any atom is -0.460 e. The van der Waals surface area contributed by atoms with E-state index < -0.39 is 0 Å². The molecule has 15 heavy (non-hydrogen) atoms. The summed E-state index contributed by atoms with van der Waals surface area (Å²) in [6.45, 7) is 8.82. The summed E-state index contributed by atoms with van der Waals surface area (Å²) in [7, 11) is 0. The summed E-state index contributed by atoms with van der Waals surface area (Å²) in [6, 6.07) is 8.31. The Labute approximate surface area is 91.1 Å². The molecule has 1 heteroatoms. The highest BCUT2D eigenvalue weighted by Crippen LogP contribution is 2.35. The highest BCUT2D eigenvalue weighted by atomic mass is 16.3. The van der Waals surface area contributed by atoms with Gasteiger partial charge < -0.3 is 4.42 Å². The van der Waals surface area contributed by atoms with Gasteiger partial charge in [0.1, 0.15) is 11.3 Å². The van der Waals surface area contributed by atoms with Crippen LogP contribution in [0.3, 0.4) is 0 Å². The fourth-order valence-electron chi connectivity index (χ4n) is 2.11. The van der Waals surface area contributed by atoms with Crippen molar-refractivity contribution in [3.05, 3.63) is 35.6 Å². The predicted molar refractivity (Wildman–Crippen MR) is 64.4 cm³/mol. The van der Waals surface area contributed by atoms with Crippen molar-refractivity contribution in [1.82, 2.24) is 0 Å². The van der Waals surface area contributed by atoms with Crippen LogP contribution in [0.4, 0.5) is 0 Å². The zero-order valence-electron chi connectivity index (χ0n) is 9.87. The van der Waals surface area contributed by atoms with Crippen LogP contribution in [-0.2, 0) is 0 Å². The second kappa shape index (κ2) is 3.73. The maximum atomic E-state index is 5.92. The second-order valence-electron chi connectivity index (χ2n) is 4.69. The summed E-state index contributed by atoms with van der Waals surface area (Å²) < 4.78 is 5.92. The molecule has 0 spiro atoms. The van der Waals surface area contributed by atoms with Crippen molar-refractivity contribution in [1.29, 1.82) is 0 Å². The monoisotopic (exact) mass is 202 g/mol. The van der Waals surface area contributed by atoms with Crippen molar-refractivity contribution in [3.63, 3.8) is 0 Å². The lowest BCUT2D eigenvalue weighted by molar-refractivity contribution is 0.511. The second-order valence-corrected chi connectivity index (χ2v) is 4.69. The van der Waals surface area contributed by atoms with Crippen molar-refractivity contribution in [2.45, 2.75) is 39.5 Å². The lowest BCUT2D eigenvalue weighted by Crippen LogP contribution is -1.94. The average molecular weight is 202 g/mol. The van der Waals surface area contributed by atoms with Gasteiger partial charge in [-0.25, -0.2) is 0 Å². The van der Waals surface area contributed by atoms with Crippen molar-refractivity contribution < 1.29 is 4.42 Å². The molecule has 0 saturated heterocycles. The SMILES string of the molecule is CC(C)c1oc2ccccc2c1C(C)C. The first-order chi connectivity index (χ1) is 7.11. The van der Waals surface area contributed by atoms with Gasteiger partial charge in [-0.1, -0.05) is 45.9 Å². The van der Waals surface area contributed by atoms with Gasteiger partial charge in [-0.05, 0) is 12.0 Å². The number of hydrogen-bond donors (Lipinski definition) is 0. The lowest BCUT2D eigenvalue weighted by atomic mass is 9.95. The number of rotatable bonds is 2. The maximum absolute atomic E-state index is 5.92. The molecule has 0 atom stereocenters. The molecule has 2 aromatic rings. The van der Waals surface area contributed by atoms with Gasteiger partial charge in [-0.15, -0.1) is 0 Å². The van der Waals surface area contributed by atoms with Gasteiger partial charge in [0.25, 0.3) is 0 Å². The Morgan fingerprint density at radius 2 is 1.60 bits per heavy atom. The summed E-state index contributed by atoms with van der Waals surface area (Å²) in [5.74, 6) is 2.12. The van der Waals surface area contributed by atoms with Gasteiger partial charge in [-0.3, -0.25) is 0 Å². The van der Waals surface area contributed by atoms with Crippen LogP contribution >= 0.6 is 0 Å². The van der Waals surface area contributed by atoms with E-state index in [0.717, 1.165) is 11.3 Å². The van der Waals surface area contributed by atoms with Crippen LogP contribution in [0.2, 0.25) is 0 Å². The van der Waals surface area contributed by atoms with E-state index in [4.69, 9.17) is 4.42 Å². The normalized spacial score (nSPS) is 11.9. The zero-order chi connectivity index (χ0) is 11.0. The van der Waals surface area contributed by atoms with E-state index in [9.17, 15) is 0 Å². The van der Waals surface area contributed by atoms with Crippen LogP contribution < -0.4 is 0 Å². The van der Waals surface area contributed by atoms with Gasteiger partial charge in [0, 0.05) is 16.9 Å². The molecule has 0 unspecified atom stereocenters. The van der Waals surface area contributed by atoms with Crippen molar-refractivity contribution >= 4 is 11.0 Å². The lowest BCUT2D eigenvalue weighted by Gasteiger charge is -2.08. The first-order valence-electron chi connectivity index (χ1n) is 5.62. The van der Waals surface area contributed by atoms with Crippen LogP contribution in [0.5, 0.6) is 0 Å². The van der Waals surface area contributed by atoms with Gasteiger partial charge in [0.2, 0.25) is 0 Å². The molecule has 1 nitrogen and oxygen atoms in total. The molecule has 0 fully saturated rings. The zero-order valence-corrected chi connectivity index (χ0v) is 9.87. The molecule has 0 aliphatic heterocycles. The number of fused-ring (bicyclic) bond motifs is 1. The molecular formula is C14H18O. The van der Waals surface area contributed by atoms with E-state index in [-0.39, 0.29) is 0 Å². The van der Waals surface area contributed by atoms with Gasteiger partial charge in [-0.2, -0.15) is 0 Å². The van der Waals surface area contributed by atoms with Crippen LogP contribution in [0.25, 0.3) is 11.0 Å². The summed E-state index contributed by atoms with van der Waals surface area (Å²) >= 11 is 0. The van der Waals surface area contributed by atoms with E-state index in [1.807, 2.05) is 12.1 Å². The fraction of sp³-hybridized carbons (Fsp3) is 0.429. The van der Waals surface area contributed by atoms with Crippen LogP contribution in [0.15, 0.2) is 28.7 Å². The van der Waals surface area contributed by atoms with Crippen LogP contribution in [-0.4, -0.2) is 0 Å². The van der Waals surface area contributed by atoms with Gasteiger partial charge >= 0.3 is 0 Å². The van der Waals surface area contributed by atoms with E-state index in [2.05, 4.69) is 39.8 Å². The summed E-state index contributed by atoms with van der Waals surface area (Å²) in [5, 5.41) is 1.27. The number of benzene rings is 1. The molecule has 0 aliphatic rings. The molecule has 0 amide bonds. The quantitative estimate of drug-likeness (QED) is 0.689. The number of furan rings is 1. The van der Waals surface area contributed by atoms with E-state index in [1.54, 1.807) is 0 Å². The standard InChI is InChI=1S/C14H18O/c1-9(2)13-11-7-5-6-8-12(11)15-14(13)10(3)4/h5-10H,1-4H3. The Morgan fingerprint density at radius 1 is 0.933 bits per heavy atom. The maximum Gasteiger partial charge on any atom is 0.134 e. The van der Waals surface area contributed by atoms with Crippen molar-refractivity contribution in [3.8, 4) is 0 Å². The number of hydrogen-bond acceptors (Lipinski definition) is 1. The summed E-state index contributed by atoms with van der Waals surface area (Å²) in [6.07, 6.45) is 0. The van der Waals surface area contributed by atoms with E-state index >= 15 is 0 Å². The van der Waals surface area contributed by atoms with E-state index in [0.29, 0.717) is 11.8 Å². The fourth-order valence-corrected chi connectivity index (χ4v) is 2.11. The van der Waals surface area contributed by atoms with Crippen LogP contribution in [0.1, 0.15) is 50.9 Å². The molecule has 1 aromatic heterocycles. The Bertz CT molecular complexity index is 463. The Kier molecular flexibility index (Phi) is 2.56. The minimum atomic E-state index is 0.454. The Balaban J connectivity index is 2.75. The molecule has 2 rings (SSSR count). The molecule has 0 aliphatic carbocycles. The van der Waals surface area contributed by atoms with Gasteiger partial charge in [0.05, 0.1) is 0 Å². The smallest absolute Gasteiger partial charge is 0.134 e. The Morgan fingerprint density at radius 3 is 2.20 bits per heavy atom. The topological polar surface area (TPSA) is 13.1 Å². The van der Waals surface area contributed by atoms with Crippen LogP contribution in [0, 0.1) is 0 Å². The first kappa shape index (κ1) is 10.3. The first-order valence-corrected chi connectivity index (χ1v) is 5.62. The Hall–Kier alpha value is -1.24. The average Bonchev–Trinajstić information content (AvgIpc) is 2.56. The molecule has 1 aromatic carbocycles. The summed E-state index contributed by atoms with van der Waals surface area (Å²) in [4.78, 5) is 0. The highest BCUT2D eigenvalue weighted by Gasteiger charge is 2.18.